The lowest BCUT2D eigenvalue weighted by Gasteiger charge is -2.18. The Morgan fingerprint density at radius 2 is 2.29 bits per heavy atom. The SMILES string of the molecule is CC1CCCCN1.CCCCN=C=O. The maximum absolute atomic E-state index is 9.39. The van der Waals surface area contributed by atoms with E-state index in [4.69, 9.17) is 0 Å². The number of hydrogen-bond donors (Lipinski definition) is 1. The molecule has 0 aromatic rings. The van der Waals surface area contributed by atoms with E-state index in [1.54, 1.807) is 0 Å². The Hall–Kier alpha value is -0.660. The van der Waals surface area contributed by atoms with Gasteiger partial charge in [0.2, 0.25) is 6.08 Å². The molecule has 1 rings (SSSR count). The van der Waals surface area contributed by atoms with Crippen LogP contribution in [0, 0.1) is 0 Å². The number of unbranched alkanes of at least 4 members (excludes halogenated alkanes) is 1. The zero-order valence-corrected chi connectivity index (χ0v) is 9.38. The molecule has 1 fully saturated rings. The van der Waals surface area contributed by atoms with Gasteiger partial charge in [0.15, 0.2) is 0 Å². The van der Waals surface area contributed by atoms with Gasteiger partial charge in [-0.3, -0.25) is 0 Å². The second kappa shape index (κ2) is 10.4. The smallest absolute Gasteiger partial charge is 0.234 e. The fourth-order valence-electron chi connectivity index (χ4n) is 1.31. The lowest BCUT2D eigenvalue weighted by molar-refractivity contribution is 0.425. The maximum atomic E-state index is 9.39. The molecule has 82 valence electrons. The van der Waals surface area contributed by atoms with Gasteiger partial charge in [-0.05, 0) is 32.7 Å². The fraction of sp³-hybridized carbons (Fsp3) is 0.909. The number of nitrogens with zero attached hydrogens (tertiary/aromatic N) is 1. The van der Waals surface area contributed by atoms with E-state index in [1.165, 1.54) is 31.9 Å². The van der Waals surface area contributed by atoms with Gasteiger partial charge in [0.25, 0.3) is 0 Å². The van der Waals surface area contributed by atoms with Crippen LogP contribution in [0.1, 0.15) is 46.0 Å². The van der Waals surface area contributed by atoms with E-state index in [-0.39, 0.29) is 0 Å². The largest absolute Gasteiger partial charge is 0.314 e. The van der Waals surface area contributed by atoms with E-state index in [9.17, 15) is 4.79 Å². The minimum atomic E-state index is 0.639. The normalized spacial score (nSPS) is 20.3. The lowest BCUT2D eigenvalue weighted by Crippen LogP contribution is -2.30. The van der Waals surface area contributed by atoms with Crippen molar-refractivity contribution in [2.45, 2.75) is 52.0 Å². The molecule has 1 aliphatic rings. The Morgan fingerprint density at radius 3 is 2.64 bits per heavy atom. The second-order valence-corrected chi connectivity index (χ2v) is 3.68. The first-order valence-corrected chi connectivity index (χ1v) is 5.58. The molecule has 0 radical (unpaired) electrons. The van der Waals surface area contributed by atoms with Gasteiger partial charge < -0.3 is 5.32 Å². The average Bonchev–Trinajstić information content (AvgIpc) is 2.21. The van der Waals surface area contributed by atoms with Crippen molar-refractivity contribution in [3.05, 3.63) is 0 Å². The number of carbonyl (C=O) groups excluding carboxylic acids is 1. The van der Waals surface area contributed by atoms with E-state index >= 15 is 0 Å². The molecule has 1 heterocycles. The molecule has 0 spiro atoms. The van der Waals surface area contributed by atoms with Crippen molar-refractivity contribution >= 4 is 6.08 Å². The zero-order valence-electron chi connectivity index (χ0n) is 9.38. The minimum absolute atomic E-state index is 0.639. The number of piperidine rings is 1. The van der Waals surface area contributed by atoms with Crippen LogP contribution in [0.4, 0.5) is 0 Å². The molecule has 1 unspecified atom stereocenters. The van der Waals surface area contributed by atoms with Crippen LogP contribution in [0.2, 0.25) is 0 Å². The summed E-state index contributed by atoms with van der Waals surface area (Å²) in [5.41, 5.74) is 0. The van der Waals surface area contributed by atoms with Crippen LogP contribution >= 0.6 is 0 Å². The van der Waals surface area contributed by atoms with Gasteiger partial charge in [0.1, 0.15) is 0 Å². The molecule has 0 bridgehead atoms. The first-order valence-electron chi connectivity index (χ1n) is 5.58. The van der Waals surface area contributed by atoms with E-state index in [2.05, 4.69) is 24.2 Å². The molecule has 1 atom stereocenters. The van der Waals surface area contributed by atoms with Crippen LogP contribution in [0.5, 0.6) is 0 Å². The van der Waals surface area contributed by atoms with Crippen LogP contribution in [0.25, 0.3) is 0 Å². The van der Waals surface area contributed by atoms with Gasteiger partial charge in [-0.2, -0.15) is 0 Å². The highest BCUT2D eigenvalue weighted by atomic mass is 16.1. The molecule has 1 saturated heterocycles. The van der Waals surface area contributed by atoms with E-state index in [0.29, 0.717) is 6.54 Å². The first kappa shape index (κ1) is 13.3. The molecule has 1 aliphatic heterocycles. The predicted molar refractivity (Wildman–Crippen MR) is 59.2 cm³/mol. The quantitative estimate of drug-likeness (QED) is 0.429. The van der Waals surface area contributed by atoms with Crippen molar-refractivity contribution in [1.29, 1.82) is 0 Å². The Labute approximate surface area is 87.0 Å². The van der Waals surface area contributed by atoms with Crippen LogP contribution in [-0.2, 0) is 4.79 Å². The van der Waals surface area contributed by atoms with Gasteiger partial charge in [0.05, 0.1) is 6.54 Å². The van der Waals surface area contributed by atoms with Crippen LogP contribution in [0.15, 0.2) is 4.99 Å². The van der Waals surface area contributed by atoms with Crippen molar-refractivity contribution < 1.29 is 4.79 Å². The highest BCUT2D eigenvalue weighted by molar-refractivity contribution is 5.32. The standard InChI is InChI=1S/C6H13N.C5H9NO/c1-6-4-2-3-5-7-6;1-2-3-4-6-5-7/h6-7H,2-5H2,1H3;2-4H2,1H3. The monoisotopic (exact) mass is 198 g/mol. The van der Waals surface area contributed by atoms with Gasteiger partial charge in [0, 0.05) is 6.04 Å². The van der Waals surface area contributed by atoms with Crippen molar-refractivity contribution in [1.82, 2.24) is 5.32 Å². The van der Waals surface area contributed by atoms with Crippen molar-refractivity contribution in [2.24, 2.45) is 4.99 Å². The van der Waals surface area contributed by atoms with Gasteiger partial charge in [-0.1, -0.05) is 19.8 Å². The molecule has 0 amide bonds. The van der Waals surface area contributed by atoms with Crippen LogP contribution in [-0.4, -0.2) is 25.2 Å². The Kier molecular flexibility index (Phi) is 9.93. The molecule has 0 saturated carbocycles. The highest BCUT2D eigenvalue weighted by Gasteiger charge is 2.04. The zero-order chi connectivity index (χ0) is 10.6. The minimum Gasteiger partial charge on any atom is -0.314 e. The summed E-state index contributed by atoms with van der Waals surface area (Å²) in [5, 5.41) is 3.38. The van der Waals surface area contributed by atoms with Crippen molar-refractivity contribution in [3.63, 3.8) is 0 Å². The summed E-state index contributed by atoms with van der Waals surface area (Å²) in [6, 6.07) is 0.786. The Morgan fingerprint density at radius 1 is 1.50 bits per heavy atom. The molecule has 1 N–H and O–H groups in total. The summed E-state index contributed by atoms with van der Waals surface area (Å²) in [6.07, 6.45) is 7.74. The molecular formula is C11H22N2O. The first-order chi connectivity index (χ1) is 6.81. The third-order valence-corrected chi connectivity index (χ3v) is 2.24. The summed E-state index contributed by atoms with van der Waals surface area (Å²) in [7, 11) is 0. The average molecular weight is 198 g/mol. The molecule has 0 aromatic carbocycles. The lowest BCUT2D eigenvalue weighted by atomic mass is 10.1. The number of rotatable bonds is 3. The molecule has 0 aliphatic carbocycles. The molecule has 3 heteroatoms. The maximum Gasteiger partial charge on any atom is 0.234 e. The van der Waals surface area contributed by atoms with Crippen molar-refractivity contribution in [2.75, 3.05) is 13.1 Å². The van der Waals surface area contributed by atoms with Crippen molar-refractivity contribution in [3.8, 4) is 0 Å². The van der Waals surface area contributed by atoms with Gasteiger partial charge >= 0.3 is 0 Å². The van der Waals surface area contributed by atoms with E-state index in [0.717, 1.165) is 18.9 Å². The van der Waals surface area contributed by atoms with Crippen LogP contribution in [0.3, 0.4) is 0 Å². The van der Waals surface area contributed by atoms with Gasteiger partial charge in [-0.25, -0.2) is 9.79 Å². The third kappa shape index (κ3) is 9.43. The number of aliphatic imine (C=N–C) groups is 1. The van der Waals surface area contributed by atoms with Crippen LogP contribution < -0.4 is 5.32 Å². The Balaban J connectivity index is 0.000000241. The fourth-order valence-corrected chi connectivity index (χ4v) is 1.31. The molecule has 0 aromatic heterocycles. The number of isocyanates is 1. The molecule has 3 nitrogen and oxygen atoms in total. The molecular weight excluding hydrogens is 176 g/mol. The summed E-state index contributed by atoms with van der Waals surface area (Å²) < 4.78 is 0. The predicted octanol–water partition coefficient (Wildman–Crippen LogP) is 2.27. The number of hydrogen-bond acceptors (Lipinski definition) is 3. The summed E-state index contributed by atoms with van der Waals surface area (Å²) >= 11 is 0. The molecule has 14 heavy (non-hydrogen) atoms. The van der Waals surface area contributed by atoms with E-state index < -0.39 is 0 Å². The Bertz CT molecular complexity index is 159. The topological polar surface area (TPSA) is 41.5 Å². The number of nitrogens with one attached hydrogen (secondary N) is 1. The summed E-state index contributed by atoms with van der Waals surface area (Å²) in [4.78, 5) is 12.7. The summed E-state index contributed by atoms with van der Waals surface area (Å²) in [6.45, 7) is 6.18. The summed E-state index contributed by atoms with van der Waals surface area (Å²) in [5.74, 6) is 0. The second-order valence-electron chi connectivity index (χ2n) is 3.68. The van der Waals surface area contributed by atoms with Gasteiger partial charge in [-0.15, -0.1) is 0 Å². The highest BCUT2D eigenvalue weighted by Crippen LogP contribution is 2.04. The van der Waals surface area contributed by atoms with E-state index in [1.807, 2.05) is 0 Å². The third-order valence-electron chi connectivity index (χ3n) is 2.24.